The van der Waals surface area contributed by atoms with Gasteiger partial charge in [-0.15, -0.1) is 0 Å². The summed E-state index contributed by atoms with van der Waals surface area (Å²) in [5.74, 6) is -0.405. The van der Waals surface area contributed by atoms with Crippen molar-refractivity contribution in [3.63, 3.8) is 0 Å². The van der Waals surface area contributed by atoms with Gasteiger partial charge in [0.15, 0.2) is 5.84 Å². The number of nitrogens with one attached hydrogen (secondary N) is 1. The highest BCUT2D eigenvalue weighted by molar-refractivity contribution is 6.04. The van der Waals surface area contributed by atoms with Crippen molar-refractivity contribution < 1.29 is 10.0 Å². The number of amidine groups is 1. The minimum absolute atomic E-state index is 0.0278. The number of benzene rings is 1. The van der Waals surface area contributed by atoms with E-state index < -0.39 is 0 Å². The maximum absolute atomic E-state index is 12.0. The zero-order valence-corrected chi connectivity index (χ0v) is 10.7. The first-order chi connectivity index (χ1) is 9.61. The highest BCUT2D eigenvalue weighted by Gasteiger charge is 2.10. The molecule has 0 spiro atoms. The fourth-order valence-corrected chi connectivity index (χ4v) is 1.58. The van der Waals surface area contributed by atoms with Crippen LogP contribution in [0.25, 0.3) is 0 Å². The van der Waals surface area contributed by atoms with E-state index in [1.165, 1.54) is 18.6 Å². The Morgan fingerprint density at radius 3 is 2.85 bits per heavy atom. The van der Waals surface area contributed by atoms with Gasteiger partial charge >= 0.3 is 0 Å². The number of aryl methyl sites for hydroxylation is 1. The molecule has 0 aliphatic rings. The molecule has 0 aliphatic carbocycles. The Balaban J connectivity index is 2.27. The summed E-state index contributed by atoms with van der Waals surface area (Å²) in [6.45, 7) is 1.84. The molecular weight excluding hydrogens is 258 g/mol. The summed E-state index contributed by atoms with van der Waals surface area (Å²) in [6, 6.07) is 5.08. The predicted octanol–water partition coefficient (Wildman–Crippen LogP) is 1.13. The molecule has 0 atom stereocenters. The summed E-state index contributed by atoms with van der Waals surface area (Å²) in [4.78, 5) is 19.7. The normalized spacial score (nSPS) is 11.2. The van der Waals surface area contributed by atoms with Crippen molar-refractivity contribution in [2.45, 2.75) is 6.92 Å². The molecule has 0 saturated carbocycles. The predicted molar refractivity (Wildman–Crippen MR) is 73.7 cm³/mol. The van der Waals surface area contributed by atoms with Gasteiger partial charge in [0.25, 0.3) is 5.91 Å². The molecule has 2 rings (SSSR count). The van der Waals surface area contributed by atoms with Gasteiger partial charge in [0.05, 0.1) is 6.20 Å². The average Bonchev–Trinajstić information content (AvgIpc) is 2.49. The molecular formula is C13H13N5O2. The fourth-order valence-electron chi connectivity index (χ4n) is 1.58. The number of carbonyl (C=O) groups is 1. The molecule has 2 aromatic rings. The van der Waals surface area contributed by atoms with Gasteiger partial charge in [-0.2, -0.15) is 0 Å². The quantitative estimate of drug-likeness (QED) is 0.335. The largest absolute Gasteiger partial charge is 0.409 e. The van der Waals surface area contributed by atoms with Crippen LogP contribution in [-0.4, -0.2) is 26.9 Å². The molecule has 1 aromatic carbocycles. The third-order valence-electron chi connectivity index (χ3n) is 2.69. The molecule has 7 nitrogen and oxygen atoms in total. The number of anilines is 1. The summed E-state index contributed by atoms with van der Waals surface area (Å²) in [6.07, 6.45) is 4.30. The maximum Gasteiger partial charge on any atom is 0.275 e. The van der Waals surface area contributed by atoms with Crippen molar-refractivity contribution in [2.24, 2.45) is 10.9 Å². The monoisotopic (exact) mass is 271 g/mol. The second-order valence-corrected chi connectivity index (χ2v) is 4.06. The van der Waals surface area contributed by atoms with Gasteiger partial charge in [-0.3, -0.25) is 9.78 Å². The van der Waals surface area contributed by atoms with Gasteiger partial charge in [-0.25, -0.2) is 4.98 Å². The van der Waals surface area contributed by atoms with E-state index in [-0.39, 0.29) is 17.4 Å². The second kappa shape index (κ2) is 5.79. The molecule has 1 heterocycles. The van der Waals surface area contributed by atoms with E-state index in [1.807, 2.05) is 6.92 Å². The van der Waals surface area contributed by atoms with E-state index >= 15 is 0 Å². The number of nitrogens with two attached hydrogens (primary N) is 1. The van der Waals surface area contributed by atoms with Crippen LogP contribution in [0.2, 0.25) is 0 Å². The number of nitrogens with zero attached hydrogens (tertiary/aromatic N) is 3. The molecule has 7 heteroatoms. The molecule has 0 unspecified atom stereocenters. The smallest absolute Gasteiger partial charge is 0.275 e. The summed E-state index contributed by atoms with van der Waals surface area (Å²) in [5.41, 5.74) is 7.64. The van der Waals surface area contributed by atoms with Gasteiger partial charge in [-0.05, 0) is 18.6 Å². The molecule has 0 bridgehead atoms. The molecule has 20 heavy (non-hydrogen) atoms. The highest BCUT2D eigenvalue weighted by Crippen LogP contribution is 2.17. The topological polar surface area (TPSA) is 113 Å². The second-order valence-electron chi connectivity index (χ2n) is 4.06. The van der Waals surface area contributed by atoms with Crippen LogP contribution in [0.1, 0.15) is 21.6 Å². The van der Waals surface area contributed by atoms with Gasteiger partial charge in [-0.1, -0.05) is 17.3 Å². The first-order valence-electron chi connectivity index (χ1n) is 5.77. The lowest BCUT2D eigenvalue weighted by Gasteiger charge is -2.09. The molecule has 0 saturated heterocycles. The standard InChI is InChI=1S/C13H13N5O2/c1-8-2-3-9(12(14)18-20)6-10(8)17-13(19)11-7-15-4-5-16-11/h2-7,20H,1H3,(H2,14,18)(H,17,19). The summed E-state index contributed by atoms with van der Waals surface area (Å²) in [7, 11) is 0. The van der Waals surface area contributed by atoms with E-state index in [9.17, 15) is 4.79 Å². The van der Waals surface area contributed by atoms with E-state index in [4.69, 9.17) is 10.9 Å². The van der Waals surface area contributed by atoms with Gasteiger partial charge in [0, 0.05) is 23.6 Å². The van der Waals surface area contributed by atoms with Crippen molar-refractivity contribution in [2.75, 3.05) is 5.32 Å². The lowest BCUT2D eigenvalue weighted by Crippen LogP contribution is -2.17. The molecule has 0 radical (unpaired) electrons. The summed E-state index contributed by atoms with van der Waals surface area (Å²) < 4.78 is 0. The Morgan fingerprint density at radius 1 is 1.40 bits per heavy atom. The number of oxime groups is 1. The number of carbonyl (C=O) groups excluding carboxylic acids is 1. The van der Waals surface area contributed by atoms with Crippen LogP contribution in [0.15, 0.2) is 41.9 Å². The Morgan fingerprint density at radius 2 is 2.20 bits per heavy atom. The molecule has 0 fully saturated rings. The van der Waals surface area contributed by atoms with Crippen LogP contribution in [-0.2, 0) is 0 Å². The minimum Gasteiger partial charge on any atom is -0.409 e. The SMILES string of the molecule is Cc1ccc(C(N)=NO)cc1NC(=O)c1cnccn1. The third kappa shape index (κ3) is 2.89. The lowest BCUT2D eigenvalue weighted by molar-refractivity contribution is 0.102. The van der Waals surface area contributed by atoms with Crippen LogP contribution in [0.5, 0.6) is 0 Å². The molecule has 102 valence electrons. The minimum atomic E-state index is -0.377. The zero-order chi connectivity index (χ0) is 14.5. The Bertz CT molecular complexity index is 655. The molecule has 4 N–H and O–H groups in total. The average molecular weight is 271 g/mol. The number of hydrogen-bond donors (Lipinski definition) is 3. The summed E-state index contributed by atoms with van der Waals surface area (Å²) >= 11 is 0. The van der Waals surface area contributed by atoms with Crippen molar-refractivity contribution in [1.82, 2.24) is 9.97 Å². The first kappa shape index (κ1) is 13.5. The lowest BCUT2D eigenvalue weighted by atomic mass is 10.1. The zero-order valence-electron chi connectivity index (χ0n) is 10.7. The fraction of sp³-hybridized carbons (Fsp3) is 0.0769. The number of amides is 1. The maximum atomic E-state index is 12.0. The number of aromatic nitrogens is 2. The Labute approximate surface area is 115 Å². The number of hydrogen-bond acceptors (Lipinski definition) is 5. The van der Waals surface area contributed by atoms with Crippen LogP contribution in [0.3, 0.4) is 0 Å². The highest BCUT2D eigenvalue weighted by atomic mass is 16.4. The molecule has 1 amide bonds. The van der Waals surface area contributed by atoms with E-state index in [1.54, 1.807) is 18.2 Å². The molecule has 1 aromatic heterocycles. The van der Waals surface area contributed by atoms with Gasteiger partial charge < -0.3 is 16.3 Å². The Kier molecular flexibility index (Phi) is 3.90. The van der Waals surface area contributed by atoms with Crippen LogP contribution >= 0.6 is 0 Å². The van der Waals surface area contributed by atoms with Gasteiger partial charge in [0.1, 0.15) is 5.69 Å². The van der Waals surface area contributed by atoms with Crippen molar-refractivity contribution >= 4 is 17.4 Å². The van der Waals surface area contributed by atoms with E-state index in [0.717, 1.165) is 5.56 Å². The Hall–Kier alpha value is -2.96. The first-order valence-corrected chi connectivity index (χ1v) is 5.77. The van der Waals surface area contributed by atoms with Gasteiger partial charge in [0.2, 0.25) is 0 Å². The van der Waals surface area contributed by atoms with E-state index in [0.29, 0.717) is 11.3 Å². The van der Waals surface area contributed by atoms with E-state index in [2.05, 4.69) is 20.4 Å². The summed E-state index contributed by atoms with van der Waals surface area (Å²) in [5, 5.41) is 14.3. The van der Waals surface area contributed by atoms with Crippen LogP contribution in [0.4, 0.5) is 5.69 Å². The number of rotatable bonds is 3. The van der Waals surface area contributed by atoms with Crippen LogP contribution in [0, 0.1) is 6.92 Å². The molecule has 0 aliphatic heterocycles. The van der Waals surface area contributed by atoms with Crippen molar-refractivity contribution in [3.8, 4) is 0 Å². The third-order valence-corrected chi connectivity index (χ3v) is 2.69. The van der Waals surface area contributed by atoms with Crippen molar-refractivity contribution in [1.29, 1.82) is 0 Å². The van der Waals surface area contributed by atoms with Crippen molar-refractivity contribution in [3.05, 3.63) is 53.6 Å². The van der Waals surface area contributed by atoms with Crippen LogP contribution < -0.4 is 11.1 Å².